The average Bonchev–Trinajstić information content (AvgIpc) is 2.70. The first-order chi connectivity index (χ1) is 13.5. The van der Waals surface area contributed by atoms with Crippen molar-refractivity contribution in [2.45, 2.75) is 6.92 Å². The number of benzene rings is 2. The maximum Gasteiger partial charge on any atom is 0.265 e. The molecular weight excluding hydrogens is 378 g/mol. The van der Waals surface area contributed by atoms with Crippen molar-refractivity contribution in [2.24, 2.45) is 0 Å². The Morgan fingerprint density at radius 2 is 2.00 bits per heavy atom. The number of pyridine rings is 1. The van der Waals surface area contributed by atoms with Crippen LogP contribution in [0.3, 0.4) is 0 Å². The fourth-order valence-corrected chi connectivity index (χ4v) is 3.31. The van der Waals surface area contributed by atoms with Gasteiger partial charge in [-0.15, -0.1) is 0 Å². The number of fused-ring (bicyclic) bond motifs is 2. The summed E-state index contributed by atoms with van der Waals surface area (Å²) in [5.74, 6) is -0.621. The molecule has 0 saturated carbocycles. The fraction of sp³-hybridized carbons (Fsp3) is 0.0952. The predicted octanol–water partition coefficient (Wildman–Crippen LogP) is 3.87. The number of nitrogens with one attached hydrogen (secondary N) is 1. The molecule has 0 saturated heterocycles. The molecule has 0 bridgehead atoms. The summed E-state index contributed by atoms with van der Waals surface area (Å²) in [5.41, 5.74) is 1.59. The number of anilines is 1. The lowest BCUT2D eigenvalue weighted by Crippen LogP contribution is -2.18. The normalized spacial score (nSPS) is 11.1. The summed E-state index contributed by atoms with van der Waals surface area (Å²) in [6, 6.07) is 12.9. The van der Waals surface area contributed by atoms with Gasteiger partial charge in [-0.2, -0.15) is 0 Å². The molecular formula is C21H16ClN3O3. The average molecular weight is 394 g/mol. The van der Waals surface area contributed by atoms with Crippen molar-refractivity contribution in [3.8, 4) is 5.75 Å². The number of hydrogen-bond acceptors (Lipinski definition) is 5. The summed E-state index contributed by atoms with van der Waals surface area (Å²) in [6.07, 6.45) is 1.45. The molecule has 4 rings (SSSR count). The molecule has 2 aromatic carbocycles. The van der Waals surface area contributed by atoms with Crippen molar-refractivity contribution < 1.29 is 9.90 Å². The predicted molar refractivity (Wildman–Crippen MR) is 110 cm³/mol. The van der Waals surface area contributed by atoms with Gasteiger partial charge in [0.05, 0.1) is 22.2 Å². The molecule has 140 valence electrons. The summed E-state index contributed by atoms with van der Waals surface area (Å²) in [4.78, 5) is 30.6. The Hall–Kier alpha value is -3.38. The van der Waals surface area contributed by atoms with E-state index in [2.05, 4.69) is 10.3 Å². The van der Waals surface area contributed by atoms with Gasteiger partial charge in [-0.25, -0.2) is 4.98 Å². The lowest BCUT2D eigenvalue weighted by atomic mass is 10.0. The third-order valence-corrected chi connectivity index (χ3v) is 4.68. The highest BCUT2D eigenvalue weighted by atomic mass is 35.5. The minimum atomic E-state index is -0.443. The van der Waals surface area contributed by atoms with Crippen LogP contribution in [0.4, 0.5) is 5.69 Å². The van der Waals surface area contributed by atoms with Crippen LogP contribution >= 0.6 is 11.6 Å². The van der Waals surface area contributed by atoms with E-state index < -0.39 is 5.78 Å². The highest BCUT2D eigenvalue weighted by Gasteiger charge is 2.18. The first-order valence-electron chi connectivity index (χ1n) is 8.72. The molecule has 0 fully saturated rings. The van der Waals surface area contributed by atoms with Crippen LogP contribution < -0.4 is 10.9 Å². The van der Waals surface area contributed by atoms with Crippen molar-refractivity contribution in [3.05, 3.63) is 81.2 Å². The van der Waals surface area contributed by atoms with Gasteiger partial charge in [-0.05, 0) is 43.3 Å². The molecule has 0 atom stereocenters. The molecule has 2 heterocycles. The molecule has 4 aromatic rings. The van der Waals surface area contributed by atoms with Crippen molar-refractivity contribution in [2.75, 3.05) is 11.9 Å². The summed E-state index contributed by atoms with van der Waals surface area (Å²) in [5, 5.41) is 14.0. The van der Waals surface area contributed by atoms with Gasteiger partial charge in [0.2, 0.25) is 0 Å². The number of rotatable bonds is 4. The van der Waals surface area contributed by atoms with Gasteiger partial charge in [0.1, 0.15) is 5.75 Å². The largest absolute Gasteiger partial charge is 0.507 e. The van der Waals surface area contributed by atoms with Gasteiger partial charge in [0.25, 0.3) is 5.56 Å². The molecule has 0 spiro atoms. The minimum Gasteiger partial charge on any atom is -0.507 e. The molecule has 0 radical (unpaired) electrons. The van der Waals surface area contributed by atoms with E-state index in [0.717, 1.165) is 0 Å². The molecule has 0 unspecified atom stereocenters. The minimum absolute atomic E-state index is 0.0658. The fourth-order valence-electron chi connectivity index (χ4n) is 3.14. The van der Waals surface area contributed by atoms with Crippen molar-refractivity contribution >= 4 is 39.6 Å². The topological polar surface area (TPSA) is 83.7 Å². The molecule has 2 N–H and O–H groups in total. The van der Waals surface area contributed by atoms with E-state index in [1.54, 1.807) is 24.3 Å². The third kappa shape index (κ3) is 2.97. The summed E-state index contributed by atoms with van der Waals surface area (Å²) in [6.45, 7) is 2.49. The molecule has 0 aliphatic carbocycles. The standard InChI is InChI=1S/C21H16ClN3O3/c1-2-23-17-9-12(19(27)15-10-13(22)7-8-18(15)26)11-25-20(17)24-16-6-4-3-5-14(16)21(25)28/h3-11,23,26H,2H2,1H3. The van der Waals surface area contributed by atoms with E-state index in [-0.39, 0.29) is 22.4 Å². The summed E-state index contributed by atoms with van der Waals surface area (Å²) in [7, 11) is 0. The monoisotopic (exact) mass is 393 g/mol. The molecule has 2 aromatic heterocycles. The smallest absolute Gasteiger partial charge is 0.265 e. The number of hydrogen-bond donors (Lipinski definition) is 2. The van der Waals surface area contributed by atoms with Crippen LogP contribution in [0, 0.1) is 0 Å². The van der Waals surface area contributed by atoms with Gasteiger partial charge in [-0.3, -0.25) is 14.0 Å². The molecule has 6 nitrogen and oxygen atoms in total. The Kier molecular flexibility index (Phi) is 4.49. The van der Waals surface area contributed by atoms with E-state index in [4.69, 9.17) is 11.6 Å². The Balaban J connectivity index is 2.01. The van der Waals surface area contributed by atoms with Crippen LogP contribution in [0.2, 0.25) is 5.02 Å². The Morgan fingerprint density at radius 1 is 1.21 bits per heavy atom. The van der Waals surface area contributed by atoms with Gasteiger partial charge in [0, 0.05) is 23.3 Å². The third-order valence-electron chi connectivity index (χ3n) is 4.45. The summed E-state index contributed by atoms with van der Waals surface area (Å²) < 4.78 is 1.36. The van der Waals surface area contributed by atoms with Crippen LogP contribution in [0.25, 0.3) is 16.6 Å². The number of aromatic nitrogens is 2. The number of ketones is 1. The number of phenolic OH excluding ortho intramolecular Hbond substituents is 1. The zero-order valence-corrected chi connectivity index (χ0v) is 15.7. The zero-order valence-electron chi connectivity index (χ0n) is 14.9. The number of para-hydroxylation sites is 1. The second-order valence-electron chi connectivity index (χ2n) is 6.29. The van der Waals surface area contributed by atoms with Crippen LogP contribution in [0.15, 0.2) is 59.5 Å². The van der Waals surface area contributed by atoms with Crippen molar-refractivity contribution in [3.63, 3.8) is 0 Å². The van der Waals surface area contributed by atoms with Crippen LogP contribution in [0.1, 0.15) is 22.8 Å². The van der Waals surface area contributed by atoms with E-state index in [0.29, 0.717) is 33.8 Å². The number of carbonyl (C=O) groups is 1. The number of nitrogens with zero attached hydrogens (tertiary/aromatic N) is 2. The lowest BCUT2D eigenvalue weighted by Gasteiger charge is -2.13. The SMILES string of the molecule is CCNc1cc(C(=O)c2cc(Cl)ccc2O)cn2c(=O)c3ccccc3nc12. The maximum atomic E-state index is 13.0. The molecule has 7 heteroatoms. The van der Waals surface area contributed by atoms with E-state index in [1.807, 2.05) is 13.0 Å². The van der Waals surface area contributed by atoms with Gasteiger partial charge >= 0.3 is 0 Å². The zero-order chi connectivity index (χ0) is 19.8. The highest BCUT2D eigenvalue weighted by molar-refractivity contribution is 6.31. The molecule has 0 aliphatic rings. The second kappa shape index (κ2) is 6.98. The summed E-state index contributed by atoms with van der Waals surface area (Å²) >= 11 is 5.97. The number of phenols is 1. The van der Waals surface area contributed by atoms with Crippen LogP contribution in [0.5, 0.6) is 5.75 Å². The van der Waals surface area contributed by atoms with Crippen molar-refractivity contribution in [1.82, 2.24) is 9.38 Å². The first-order valence-corrected chi connectivity index (χ1v) is 9.09. The Labute approximate surface area is 165 Å². The van der Waals surface area contributed by atoms with Crippen molar-refractivity contribution in [1.29, 1.82) is 0 Å². The van der Waals surface area contributed by atoms with Crippen LogP contribution in [-0.4, -0.2) is 26.8 Å². The molecule has 28 heavy (non-hydrogen) atoms. The Morgan fingerprint density at radius 3 is 2.79 bits per heavy atom. The number of aromatic hydroxyl groups is 1. The van der Waals surface area contributed by atoms with Gasteiger partial charge in [-0.1, -0.05) is 23.7 Å². The Bertz CT molecular complexity index is 1300. The number of carbonyl (C=O) groups excluding carboxylic acids is 1. The second-order valence-corrected chi connectivity index (χ2v) is 6.73. The quantitative estimate of drug-likeness (QED) is 0.406. The number of halogens is 1. The highest BCUT2D eigenvalue weighted by Crippen LogP contribution is 2.26. The van der Waals surface area contributed by atoms with Crippen LogP contribution in [-0.2, 0) is 0 Å². The van der Waals surface area contributed by atoms with Gasteiger partial charge in [0.15, 0.2) is 11.4 Å². The maximum absolute atomic E-state index is 13.0. The molecule has 0 amide bonds. The van der Waals surface area contributed by atoms with Gasteiger partial charge < -0.3 is 10.4 Å². The van der Waals surface area contributed by atoms with E-state index in [9.17, 15) is 14.7 Å². The lowest BCUT2D eigenvalue weighted by molar-refractivity contribution is 0.103. The first kappa shape index (κ1) is 18.0. The van der Waals surface area contributed by atoms with E-state index in [1.165, 1.54) is 28.8 Å². The van der Waals surface area contributed by atoms with E-state index >= 15 is 0 Å². The molecule has 0 aliphatic heterocycles.